The monoisotopic (exact) mass is 383 g/mol. The Kier molecular flexibility index (Phi) is 5.16. The van der Waals surface area contributed by atoms with E-state index in [4.69, 9.17) is 4.74 Å². The molecule has 1 N–H and O–H groups in total. The van der Waals surface area contributed by atoms with E-state index in [0.717, 1.165) is 35.4 Å². The van der Waals surface area contributed by atoms with E-state index < -0.39 is 29.2 Å². The molecule has 28 heavy (non-hydrogen) atoms. The molecule has 1 amide bonds. The Hall–Kier alpha value is -3.06. The lowest BCUT2D eigenvalue weighted by Crippen LogP contribution is -2.33. The van der Waals surface area contributed by atoms with Crippen LogP contribution in [0.3, 0.4) is 0 Å². The molecule has 1 aliphatic rings. The second kappa shape index (κ2) is 7.90. The van der Waals surface area contributed by atoms with Crippen molar-refractivity contribution in [2.75, 3.05) is 13.2 Å². The Morgan fingerprint density at radius 1 is 1.14 bits per heavy atom. The van der Waals surface area contributed by atoms with E-state index in [9.17, 15) is 13.6 Å². The lowest BCUT2D eigenvalue weighted by atomic mass is 10.1. The molecule has 0 bridgehead atoms. The van der Waals surface area contributed by atoms with Crippen LogP contribution in [0.1, 0.15) is 33.3 Å². The highest BCUT2D eigenvalue weighted by atomic mass is 19.1. The predicted molar refractivity (Wildman–Crippen MR) is 98.9 cm³/mol. The van der Waals surface area contributed by atoms with E-state index in [1.54, 1.807) is 0 Å². The number of nitrogens with one attached hydrogen (secondary N) is 1. The zero-order valence-corrected chi connectivity index (χ0v) is 15.1. The number of nitrogens with zero attached hydrogens (tertiary/aromatic N) is 2. The molecule has 5 nitrogen and oxygen atoms in total. The fraction of sp³-hybridized carbons (Fsp3) is 0.238. The van der Waals surface area contributed by atoms with Gasteiger partial charge in [0, 0.05) is 12.7 Å². The second-order valence-corrected chi connectivity index (χ2v) is 6.64. The normalized spacial score (nSPS) is 15.9. The van der Waals surface area contributed by atoms with E-state index in [-0.39, 0.29) is 6.54 Å². The number of ether oxygens (including phenoxy) is 1. The molecule has 0 fully saturated rings. The summed E-state index contributed by atoms with van der Waals surface area (Å²) >= 11 is 0. The second-order valence-electron chi connectivity index (χ2n) is 6.64. The van der Waals surface area contributed by atoms with E-state index in [1.807, 2.05) is 41.2 Å². The third-order valence-electron chi connectivity index (χ3n) is 4.69. The highest BCUT2D eigenvalue weighted by Gasteiger charge is 2.26. The van der Waals surface area contributed by atoms with Gasteiger partial charge in [0.05, 0.1) is 18.8 Å². The van der Waals surface area contributed by atoms with Crippen molar-refractivity contribution in [1.29, 1.82) is 0 Å². The number of halogens is 2. The third kappa shape index (κ3) is 3.80. The molecule has 1 aliphatic heterocycles. The van der Waals surface area contributed by atoms with Gasteiger partial charge in [0.25, 0.3) is 5.91 Å². The Morgan fingerprint density at radius 2 is 1.89 bits per heavy atom. The van der Waals surface area contributed by atoms with Crippen molar-refractivity contribution < 1.29 is 18.3 Å². The van der Waals surface area contributed by atoms with Gasteiger partial charge in [-0.05, 0) is 29.7 Å². The largest absolute Gasteiger partial charge is 0.370 e. The minimum atomic E-state index is -0.894. The summed E-state index contributed by atoms with van der Waals surface area (Å²) in [6.07, 6.45) is 2.26. The van der Waals surface area contributed by atoms with E-state index in [0.29, 0.717) is 13.2 Å². The van der Waals surface area contributed by atoms with Gasteiger partial charge >= 0.3 is 0 Å². The van der Waals surface area contributed by atoms with Gasteiger partial charge in [-0.2, -0.15) is 5.10 Å². The highest BCUT2D eigenvalue weighted by molar-refractivity contribution is 5.94. The number of carbonyl (C=O) groups is 1. The van der Waals surface area contributed by atoms with Gasteiger partial charge in [0.15, 0.2) is 0 Å². The molecule has 1 atom stereocenters. The maximum absolute atomic E-state index is 13.8. The maximum atomic E-state index is 13.8. The van der Waals surface area contributed by atoms with Gasteiger partial charge < -0.3 is 10.1 Å². The molecule has 0 saturated heterocycles. The Morgan fingerprint density at radius 3 is 2.64 bits per heavy atom. The predicted octanol–water partition coefficient (Wildman–Crippen LogP) is 3.25. The van der Waals surface area contributed by atoms with Crippen molar-refractivity contribution >= 4 is 5.91 Å². The van der Waals surface area contributed by atoms with Crippen molar-refractivity contribution in [3.8, 4) is 0 Å². The first-order chi connectivity index (χ1) is 13.6. The van der Waals surface area contributed by atoms with Crippen LogP contribution in [-0.2, 0) is 17.7 Å². The number of hydrogen-bond acceptors (Lipinski definition) is 3. The fourth-order valence-electron chi connectivity index (χ4n) is 3.33. The summed E-state index contributed by atoms with van der Waals surface area (Å²) in [5.41, 5.74) is 2.34. The van der Waals surface area contributed by atoms with Gasteiger partial charge in [-0.1, -0.05) is 36.4 Å². The number of amides is 1. The van der Waals surface area contributed by atoms with Crippen LogP contribution in [0.5, 0.6) is 0 Å². The SMILES string of the molecule is O=C(NC[C@H]1OCCc2cn(Cc3ccccc3)nc21)c1c(F)cccc1F. The summed E-state index contributed by atoms with van der Waals surface area (Å²) in [5.74, 6) is -2.60. The first-order valence-corrected chi connectivity index (χ1v) is 9.06. The molecule has 7 heteroatoms. The zero-order valence-electron chi connectivity index (χ0n) is 15.1. The topological polar surface area (TPSA) is 56.1 Å². The van der Waals surface area contributed by atoms with Crippen LogP contribution in [0.15, 0.2) is 54.7 Å². The molecule has 0 unspecified atom stereocenters. The summed E-state index contributed by atoms with van der Waals surface area (Å²) in [7, 11) is 0. The van der Waals surface area contributed by atoms with E-state index >= 15 is 0 Å². The molecule has 1 aromatic heterocycles. The number of fused-ring (bicyclic) bond motifs is 1. The van der Waals surface area contributed by atoms with Crippen LogP contribution in [0.2, 0.25) is 0 Å². The smallest absolute Gasteiger partial charge is 0.257 e. The number of carbonyl (C=O) groups excluding carboxylic acids is 1. The molecule has 0 spiro atoms. The quantitative estimate of drug-likeness (QED) is 0.736. The highest BCUT2D eigenvalue weighted by Crippen LogP contribution is 2.25. The van der Waals surface area contributed by atoms with E-state index in [1.165, 1.54) is 6.07 Å². The molecule has 3 aromatic rings. The average molecular weight is 383 g/mol. The molecule has 144 valence electrons. The van der Waals surface area contributed by atoms with Gasteiger partial charge in [-0.25, -0.2) is 8.78 Å². The van der Waals surface area contributed by atoms with Crippen LogP contribution in [0.25, 0.3) is 0 Å². The minimum Gasteiger partial charge on any atom is -0.370 e. The van der Waals surface area contributed by atoms with Gasteiger partial charge in [0.2, 0.25) is 0 Å². The van der Waals surface area contributed by atoms with Gasteiger partial charge in [0.1, 0.15) is 23.3 Å². The zero-order chi connectivity index (χ0) is 19.5. The number of benzene rings is 2. The molecule has 0 radical (unpaired) electrons. The van der Waals surface area contributed by atoms with Crippen LogP contribution in [0.4, 0.5) is 8.78 Å². The van der Waals surface area contributed by atoms with Crippen LogP contribution < -0.4 is 5.32 Å². The maximum Gasteiger partial charge on any atom is 0.257 e. The molecule has 0 aliphatic carbocycles. The summed E-state index contributed by atoms with van der Waals surface area (Å²) in [5, 5.41) is 7.16. The molecular formula is C21H19F2N3O2. The Balaban J connectivity index is 1.47. The van der Waals surface area contributed by atoms with Crippen LogP contribution in [-0.4, -0.2) is 28.8 Å². The summed E-state index contributed by atoms with van der Waals surface area (Å²) < 4.78 is 35.1. The van der Waals surface area contributed by atoms with Crippen LogP contribution in [0, 0.1) is 11.6 Å². The summed E-state index contributed by atoms with van der Waals surface area (Å²) in [6, 6.07) is 13.3. The molecule has 2 heterocycles. The van der Waals surface area contributed by atoms with Crippen molar-refractivity contribution in [2.45, 2.75) is 19.1 Å². The lowest BCUT2D eigenvalue weighted by molar-refractivity contribution is 0.0382. The Bertz CT molecular complexity index is 968. The average Bonchev–Trinajstić information content (AvgIpc) is 3.10. The first-order valence-electron chi connectivity index (χ1n) is 9.06. The standard InChI is InChI=1S/C21H19F2N3O2/c22-16-7-4-8-17(23)19(16)21(27)24-11-18-20-15(9-10-28-18)13-26(25-20)12-14-5-2-1-3-6-14/h1-8,13,18H,9-12H2,(H,24,27)/t18-/m1/s1. The summed E-state index contributed by atoms with van der Waals surface area (Å²) in [4.78, 5) is 12.2. The van der Waals surface area contributed by atoms with Crippen LogP contribution >= 0.6 is 0 Å². The molecule has 0 saturated carbocycles. The van der Waals surface area contributed by atoms with Gasteiger partial charge in [-0.15, -0.1) is 0 Å². The first kappa shape index (κ1) is 18.3. The van der Waals surface area contributed by atoms with Crippen molar-refractivity contribution in [2.24, 2.45) is 0 Å². The molecular weight excluding hydrogens is 364 g/mol. The van der Waals surface area contributed by atoms with Gasteiger partial charge in [-0.3, -0.25) is 9.48 Å². The summed E-state index contributed by atoms with van der Waals surface area (Å²) in [6.45, 7) is 1.22. The molecule has 4 rings (SSSR count). The minimum absolute atomic E-state index is 0.0853. The molecule has 2 aromatic carbocycles. The number of rotatable bonds is 5. The van der Waals surface area contributed by atoms with Crippen molar-refractivity contribution in [3.05, 3.63) is 88.7 Å². The third-order valence-corrected chi connectivity index (χ3v) is 4.69. The van der Waals surface area contributed by atoms with Crippen molar-refractivity contribution in [1.82, 2.24) is 15.1 Å². The number of hydrogen-bond donors (Lipinski definition) is 1. The van der Waals surface area contributed by atoms with Crippen molar-refractivity contribution in [3.63, 3.8) is 0 Å². The fourth-order valence-corrected chi connectivity index (χ4v) is 3.33. The Labute approximate surface area is 160 Å². The van der Waals surface area contributed by atoms with E-state index in [2.05, 4.69) is 10.4 Å². The number of aromatic nitrogens is 2. The lowest BCUT2D eigenvalue weighted by Gasteiger charge is -2.22.